The van der Waals surface area contributed by atoms with Gasteiger partial charge in [0.25, 0.3) is 0 Å². The Morgan fingerprint density at radius 3 is 2.72 bits per heavy atom. The Morgan fingerprint density at radius 2 is 2.00 bits per heavy atom. The Balaban J connectivity index is 1.99. The summed E-state index contributed by atoms with van der Waals surface area (Å²) in [6, 6.07) is 3.98. The molecule has 1 aliphatic rings. The van der Waals surface area contributed by atoms with Gasteiger partial charge in [-0.1, -0.05) is 26.2 Å². The van der Waals surface area contributed by atoms with E-state index in [1.54, 1.807) is 0 Å². The second-order valence-corrected chi connectivity index (χ2v) is 7.16. The summed E-state index contributed by atoms with van der Waals surface area (Å²) in [5, 5.41) is 10.3. The number of carboxylic acid groups (broad SMARTS) is 1. The van der Waals surface area contributed by atoms with Crippen molar-refractivity contribution in [3.8, 4) is 0 Å². The molecule has 2 heterocycles. The highest BCUT2D eigenvalue weighted by molar-refractivity contribution is 6.02. The van der Waals surface area contributed by atoms with Crippen LogP contribution in [0.5, 0.6) is 0 Å². The molecule has 4 nitrogen and oxygen atoms in total. The second kappa shape index (κ2) is 7.42. The van der Waals surface area contributed by atoms with Gasteiger partial charge in [0.05, 0.1) is 11.9 Å². The minimum atomic E-state index is -0.820. The lowest BCUT2D eigenvalue weighted by Crippen LogP contribution is -2.10. The lowest BCUT2D eigenvalue weighted by molar-refractivity contribution is -0.136. The maximum Gasteiger partial charge on any atom is 0.307 e. The smallest absolute Gasteiger partial charge is 0.307 e. The van der Waals surface area contributed by atoms with Gasteiger partial charge in [0.1, 0.15) is 0 Å². The lowest BCUT2D eigenvalue weighted by Gasteiger charge is -2.18. The van der Waals surface area contributed by atoms with Crippen LogP contribution in [0, 0.1) is 6.92 Å². The summed E-state index contributed by atoms with van der Waals surface area (Å²) in [6.07, 6.45) is 6.96. The average Bonchev–Trinajstić information content (AvgIpc) is 2.85. The number of carboxylic acids is 1. The van der Waals surface area contributed by atoms with Crippen LogP contribution in [0.3, 0.4) is 0 Å². The van der Waals surface area contributed by atoms with Crippen molar-refractivity contribution in [2.24, 2.45) is 0 Å². The average molecular weight is 341 g/mol. The molecule has 2 aromatic rings. The molecule has 3 rings (SSSR count). The number of carbonyl (C=O) groups is 2. The number of unbranched alkanes of at least 4 members (excludes halogenated alkanes) is 3. The first-order chi connectivity index (χ1) is 12.0. The predicted octanol–water partition coefficient (Wildman–Crippen LogP) is 4.68. The van der Waals surface area contributed by atoms with Crippen LogP contribution in [-0.2, 0) is 24.2 Å². The van der Waals surface area contributed by atoms with E-state index in [0.717, 1.165) is 66.4 Å². The van der Waals surface area contributed by atoms with Crippen LogP contribution in [0.1, 0.15) is 72.6 Å². The molecule has 0 aliphatic carbocycles. The number of carbonyl (C=O) groups excluding carboxylic acids is 1. The third-order valence-electron chi connectivity index (χ3n) is 5.36. The number of Topliss-reactive ketones (excluding diaryl/α,β-unsaturated/α-hetero) is 1. The van der Waals surface area contributed by atoms with Crippen molar-refractivity contribution in [1.82, 2.24) is 4.57 Å². The predicted molar refractivity (Wildman–Crippen MR) is 99.4 cm³/mol. The standard InChI is InChI=1S/C21H27NO3/c1-3-4-5-6-9-19(23)16-11-15-8-7-10-22-14(2)17(13-20(24)25)18(12-16)21(15)22/h11-12H,3-10,13H2,1-2H3,(H,24,25). The van der Waals surface area contributed by atoms with Gasteiger partial charge in [-0.05, 0) is 49.4 Å². The van der Waals surface area contributed by atoms with Crippen LogP contribution in [0.15, 0.2) is 12.1 Å². The topological polar surface area (TPSA) is 59.3 Å². The third-order valence-corrected chi connectivity index (χ3v) is 5.36. The van der Waals surface area contributed by atoms with Crippen molar-refractivity contribution in [1.29, 1.82) is 0 Å². The van der Waals surface area contributed by atoms with E-state index in [-0.39, 0.29) is 12.2 Å². The monoisotopic (exact) mass is 341 g/mol. The number of hydrogen-bond donors (Lipinski definition) is 1. The highest BCUT2D eigenvalue weighted by Crippen LogP contribution is 2.34. The SMILES string of the molecule is CCCCCCC(=O)c1cc2c3c(c1)c(CC(=O)O)c(C)n3CCC2. The molecule has 0 bridgehead atoms. The first-order valence-electron chi connectivity index (χ1n) is 9.42. The van der Waals surface area contributed by atoms with Gasteiger partial charge in [0.2, 0.25) is 0 Å². The van der Waals surface area contributed by atoms with E-state index in [9.17, 15) is 14.7 Å². The molecule has 0 saturated carbocycles. The number of rotatable bonds is 8. The normalized spacial score (nSPS) is 13.4. The van der Waals surface area contributed by atoms with Crippen LogP contribution in [0.25, 0.3) is 10.9 Å². The fourth-order valence-corrected chi connectivity index (χ4v) is 4.06. The van der Waals surface area contributed by atoms with Crippen molar-refractivity contribution in [2.75, 3.05) is 0 Å². The van der Waals surface area contributed by atoms with Crippen molar-refractivity contribution in [3.05, 3.63) is 34.5 Å². The molecular weight excluding hydrogens is 314 g/mol. The van der Waals surface area contributed by atoms with Crippen molar-refractivity contribution < 1.29 is 14.7 Å². The minimum Gasteiger partial charge on any atom is -0.481 e. The van der Waals surface area contributed by atoms with E-state index >= 15 is 0 Å². The van der Waals surface area contributed by atoms with Crippen LogP contribution in [0.4, 0.5) is 0 Å². The second-order valence-electron chi connectivity index (χ2n) is 7.16. The number of hydrogen-bond acceptors (Lipinski definition) is 2. The summed E-state index contributed by atoms with van der Waals surface area (Å²) in [5.41, 5.74) is 4.99. The molecular formula is C21H27NO3. The van der Waals surface area contributed by atoms with E-state index < -0.39 is 5.97 Å². The van der Waals surface area contributed by atoms with Gasteiger partial charge >= 0.3 is 5.97 Å². The summed E-state index contributed by atoms with van der Waals surface area (Å²) in [5.74, 6) is -0.634. The Kier molecular flexibility index (Phi) is 5.26. The number of aryl methyl sites for hydroxylation is 2. The molecule has 0 spiro atoms. The van der Waals surface area contributed by atoms with E-state index in [0.29, 0.717) is 6.42 Å². The summed E-state index contributed by atoms with van der Waals surface area (Å²) >= 11 is 0. The highest BCUT2D eigenvalue weighted by Gasteiger charge is 2.23. The van der Waals surface area contributed by atoms with Crippen molar-refractivity contribution >= 4 is 22.7 Å². The molecule has 1 aliphatic heterocycles. The quantitative estimate of drug-likeness (QED) is 0.560. The molecule has 0 fully saturated rings. The number of benzene rings is 1. The molecule has 1 aromatic heterocycles. The summed E-state index contributed by atoms with van der Waals surface area (Å²) in [6.45, 7) is 5.09. The number of aliphatic carboxylic acids is 1. The lowest BCUT2D eigenvalue weighted by atomic mass is 9.95. The fraction of sp³-hybridized carbons (Fsp3) is 0.524. The first-order valence-corrected chi connectivity index (χ1v) is 9.42. The van der Waals surface area contributed by atoms with Crippen LogP contribution in [-0.4, -0.2) is 21.4 Å². The Morgan fingerprint density at radius 1 is 1.20 bits per heavy atom. The van der Waals surface area contributed by atoms with E-state index in [1.165, 1.54) is 12.0 Å². The van der Waals surface area contributed by atoms with E-state index in [1.807, 2.05) is 19.1 Å². The van der Waals surface area contributed by atoms with E-state index in [4.69, 9.17) is 0 Å². The van der Waals surface area contributed by atoms with Crippen LogP contribution < -0.4 is 0 Å². The molecule has 1 N–H and O–H groups in total. The molecule has 134 valence electrons. The Bertz CT molecular complexity index is 816. The van der Waals surface area contributed by atoms with Crippen LogP contribution >= 0.6 is 0 Å². The summed E-state index contributed by atoms with van der Waals surface area (Å²) in [7, 11) is 0. The number of ketones is 1. The van der Waals surface area contributed by atoms with Crippen molar-refractivity contribution in [3.63, 3.8) is 0 Å². The van der Waals surface area contributed by atoms with Crippen molar-refractivity contribution in [2.45, 2.75) is 71.8 Å². The maximum absolute atomic E-state index is 12.6. The zero-order valence-electron chi connectivity index (χ0n) is 15.2. The molecule has 0 amide bonds. The molecule has 4 heteroatoms. The first kappa shape index (κ1) is 17.7. The molecule has 0 radical (unpaired) electrons. The zero-order chi connectivity index (χ0) is 18.0. The molecule has 0 unspecified atom stereocenters. The summed E-state index contributed by atoms with van der Waals surface area (Å²) < 4.78 is 2.24. The molecule has 0 atom stereocenters. The van der Waals surface area contributed by atoms with Crippen LogP contribution in [0.2, 0.25) is 0 Å². The van der Waals surface area contributed by atoms with Gasteiger partial charge in [-0.2, -0.15) is 0 Å². The van der Waals surface area contributed by atoms with Gasteiger partial charge in [0.15, 0.2) is 5.78 Å². The highest BCUT2D eigenvalue weighted by atomic mass is 16.4. The van der Waals surface area contributed by atoms with Gasteiger partial charge in [-0.3, -0.25) is 9.59 Å². The number of nitrogens with zero attached hydrogens (tertiary/aromatic N) is 1. The van der Waals surface area contributed by atoms with E-state index in [2.05, 4.69) is 11.5 Å². The van der Waals surface area contributed by atoms with Gasteiger partial charge in [-0.25, -0.2) is 0 Å². The van der Waals surface area contributed by atoms with Gasteiger partial charge in [-0.15, -0.1) is 0 Å². The number of aromatic nitrogens is 1. The minimum absolute atomic E-state index is 0.0168. The molecule has 1 aromatic carbocycles. The zero-order valence-corrected chi connectivity index (χ0v) is 15.2. The largest absolute Gasteiger partial charge is 0.481 e. The third kappa shape index (κ3) is 3.48. The van der Waals surface area contributed by atoms with Gasteiger partial charge in [0, 0.05) is 29.6 Å². The Hall–Kier alpha value is -2.10. The Labute approximate surface area is 148 Å². The fourth-order valence-electron chi connectivity index (χ4n) is 4.06. The molecule has 25 heavy (non-hydrogen) atoms. The maximum atomic E-state index is 12.6. The molecule has 0 saturated heterocycles. The van der Waals surface area contributed by atoms with Gasteiger partial charge < -0.3 is 9.67 Å². The summed E-state index contributed by atoms with van der Waals surface area (Å²) in [4.78, 5) is 23.9.